The van der Waals surface area contributed by atoms with Crippen LogP contribution in [0.2, 0.25) is 0 Å². The van der Waals surface area contributed by atoms with Crippen molar-refractivity contribution in [2.75, 3.05) is 6.61 Å². The molecule has 1 aliphatic heterocycles. The number of hydrogen-bond donors (Lipinski definition) is 2. The number of amides is 1. The monoisotopic (exact) mass is 360 g/mol. The largest absolute Gasteiger partial charge is 0.493 e. The van der Waals surface area contributed by atoms with Gasteiger partial charge in [-0.3, -0.25) is 4.79 Å². The van der Waals surface area contributed by atoms with Crippen molar-refractivity contribution >= 4 is 18.3 Å². The highest BCUT2D eigenvalue weighted by Crippen LogP contribution is 2.30. The number of ether oxygens (including phenoxy) is 1. The number of fused-ring (bicyclic) bond motifs is 1. The smallest absolute Gasteiger partial charge is 0.221 e. The van der Waals surface area contributed by atoms with Crippen molar-refractivity contribution in [1.82, 2.24) is 5.32 Å². The van der Waals surface area contributed by atoms with Crippen molar-refractivity contribution in [1.29, 1.82) is 0 Å². The lowest BCUT2D eigenvalue weighted by Crippen LogP contribution is -2.29. The lowest BCUT2D eigenvalue weighted by molar-refractivity contribution is -0.121. The summed E-state index contributed by atoms with van der Waals surface area (Å²) in [6, 6.07) is 14.6. The molecule has 0 aromatic heterocycles. The molecule has 1 amide bonds. The van der Waals surface area contributed by atoms with Crippen molar-refractivity contribution < 1.29 is 9.53 Å². The van der Waals surface area contributed by atoms with Crippen LogP contribution in [0.3, 0.4) is 0 Å². The van der Waals surface area contributed by atoms with Crippen molar-refractivity contribution in [3.8, 4) is 16.9 Å². The van der Waals surface area contributed by atoms with Gasteiger partial charge in [0, 0.05) is 19.0 Å². The van der Waals surface area contributed by atoms with E-state index in [1.165, 1.54) is 16.7 Å². The molecule has 25 heavy (non-hydrogen) atoms. The van der Waals surface area contributed by atoms with E-state index in [-0.39, 0.29) is 24.4 Å². The van der Waals surface area contributed by atoms with E-state index in [1.807, 2.05) is 6.92 Å². The van der Waals surface area contributed by atoms with Crippen LogP contribution in [0.5, 0.6) is 5.75 Å². The number of rotatable bonds is 5. The number of hydrogen-bond acceptors (Lipinski definition) is 3. The maximum Gasteiger partial charge on any atom is 0.221 e. The van der Waals surface area contributed by atoms with Gasteiger partial charge >= 0.3 is 0 Å². The SMILES string of the molecule is CC(N)CC(=O)NCc1ccc(-c2ccc3c(c2)CCCO3)cc1.Cl. The van der Waals surface area contributed by atoms with E-state index in [0.29, 0.717) is 13.0 Å². The van der Waals surface area contributed by atoms with E-state index in [4.69, 9.17) is 10.5 Å². The number of benzene rings is 2. The first kappa shape index (κ1) is 19.3. The Hall–Kier alpha value is -2.04. The molecular formula is C20H25ClN2O2. The molecule has 3 N–H and O–H groups in total. The third-order valence-corrected chi connectivity index (χ3v) is 4.19. The summed E-state index contributed by atoms with van der Waals surface area (Å²) >= 11 is 0. The number of carbonyl (C=O) groups excluding carboxylic acids is 1. The second kappa shape index (κ2) is 8.88. The van der Waals surface area contributed by atoms with Gasteiger partial charge in [-0.05, 0) is 54.2 Å². The van der Waals surface area contributed by atoms with E-state index in [1.54, 1.807) is 0 Å². The summed E-state index contributed by atoms with van der Waals surface area (Å²) < 4.78 is 5.67. The van der Waals surface area contributed by atoms with Gasteiger partial charge in [0.2, 0.25) is 5.91 Å². The average molecular weight is 361 g/mol. The van der Waals surface area contributed by atoms with Crippen molar-refractivity contribution in [3.05, 3.63) is 53.6 Å². The normalized spacial score (nSPS) is 13.8. The summed E-state index contributed by atoms with van der Waals surface area (Å²) in [4.78, 5) is 11.6. The van der Waals surface area contributed by atoms with Crippen LogP contribution in [-0.2, 0) is 17.8 Å². The van der Waals surface area contributed by atoms with Gasteiger partial charge in [-0.1, -0.05) is 30.3 Å². The van der Waals surface area contributed by atoms with E-state index in [0.717, 1.165) is 30.8 Å². The number of nitrogens with two attached hydrogens (primary N) is 1. The summed E-state index contributed by atoms with van der Waals surface area (Å²) in [6.07, 6.45) is 2.51. The molecule has 0 aliphatic carbocycles. The third-order valence-electron chi connectivity index (χ3n) is 4.19. The van der Waals surface area contributed by atoms with Gasteiger partial charge in [0.1, 0.15) is 5.75 Å². The summed E-state index contributed by atoms with van der Waals surface area (Å²) in [6.45, 7) is 3.18. The predicted octanol–water partition coefficient (Wildman–Crippen LogP) is 3.45. The van der Waals surface area contributed by atoms with Gasteiger partial charge in [0.15, 0.2) is 0 Å². The molecule has 0 fully saturated rings. The zero-order valence-corrected chi connectivity index (χ0v) is 15.3. The summed E-state index contributed by atoms with van der Waals surface area (Å²) in [7, 11) is 0. The molecule has 0 saturated heterocycles. The van der Waals surface area contributed by atoms with Crippen LogP contribution in [0.4, 0.5) is 0 Å². The summed E-state index contributed by atoms with van der Waals surface area (Å²) in [5.41, 5.74) is 10.4. The fraction of sp³-hybridized carbons (Fsp3) is 0.350. The molecule has 0 radical (unpaired) electrons. The van der Waals surface area contributed by atoms with Crippen molar-refractivity contribution in [2.24, 2.45) is 5.73 Å². The molecule has 4 nitrogen and oxygen atoms in total. The Labute approximate surface area is 155 Å². The molecule has 2 aromatic carbocycles. The maximum atomic E-state index is 11.6. The number of aryl methyl sites for hydroxylation is 1. The highest BCUT2D eigenvalue weighted by atomic mass is 35.5. The Bertz CT molecular complexity index is 714. The van der Waals surface area contributed by atoms with E-state index in [2.05, 4.69) is 47.8 Å². The number of nitrogens with one attached hydrogen (secondary N) is 1. The average Bonchev–Trinajstić information content (AvgIpc) is 2.59. The van der Waals surface area contributed by atoms with Crippen LogP contribution in [0.1, 0.15) is 30.9 Å². The second-order valence-corrected chi connectivity index (χ2v) is 6.43. The van der Waals surface area contributed by atoms with Gasteiger partial charge in [-0.25, -0.2) is 0 Å². The van der Waals surface area contributed by atoms with E-state index in [9.17, 15) is 4.79 Å². The van der Waals surface area contributed by atoms with Crippen LogP contribution in [0, 0.1) is 0 Å². The zero-order chi connectivity index (χ0) is 16.9. The Kier molecular flexibility index (Phi) is 6.85. The first-order chi connectivity index (χ1) is 11.6. The molecule has 1 atom stereocenters. The Balaban J connectivity index is 0.00000225. The first-order valence-electron chi connectivity index (χ1n) is 8.49. The van der Waals surface area contributed by atoms with Gasteiger partial charge < -0.3 is 15.8 Å². The summed E-state index contributed by atoms with van der Waals surface area (Å²) in [5, 5.41) is 2.89. The minimum absolute atomic E-state index is 0. The van der Waals surface area contributed by atoms with Gasteiger partial charge in [0.05, 0.1) is 6.61 Å². The molecule has 5 heteroatoms. The minimum Gasteiger partial charge on any atom is -0.493 e. The summed E-state index contributed by atoms with van der Waals surface area (Å²) in [5.74, 6) is 1.00. The molecule has 1 unspecified atom stereocenters. The highest BCUT2D eigenvalue weighted by Gasteiger charge is 2.11. The van der Waals surface area contributed by atoms with Crippen molar-refractivity contribution in [2.45, 2.75) is 38.8 Å². The molecule has 134 valence electrons. The third kappa shape index (κ3) is 5.21. The van der Waals surface area contributed by atoms with E-state index < -0.39 is 0 Å². The molecule has 1 aliphatic rings. The van der Waals surface area contributed by atoms with Crippen LogP contribution in [0.25, 0.3) is 11.1 Å². The number of carbonyl (C=O) groups is 1. The first-order valence-corrected chi connectivity index (χ1v) is 8.49. The van der Waals surface area contributed by atoms with Gasteiger partial charge in [-0.15, -0.1) is 12.4 Å². The maximum absolute atomic E-state index is 11.6. The fourth-order valence-corrected chi connectivity index (χ4v) is 2.92. The molecule has 0 spiro atoms. The lowest BCUT2D eigenvalue weighted by Gasteiger charge is -2.18. The molecule has 3 rings (SSSR count). The molecule has 0 saturated carbocycles. The molecule has 1 heterocycles. The highest BCUT2D eigenvalue weighted by molar-refractivity contribution is 5.85. The topological polar surface area (TPSA) is 64.4 Å². The standard InChI is InChI=1S/C20H24N2O2.ClH/c1-14(21)11-20(23)22-13-15-4-6-16(7-5-15)17-8-9-19-18(12-17)3-2-10-24-19;/h4-9,12,14H,2-3,10-11,13,21H2,1H3,(H,22,23);1H. The van der Waals surface area contributed by atoms with Crippen LogP contribution in [-0.4, -0.2) is 18.6 Å². The molecule has 2 aromatic rings. The van der Waals surface area contributed by atoms with Crippen LogP contribution >= 0.6 is 12.4 Å². The molecule has 0 bridgehead atoms. The number of halogens is 1. The Morgan fingerprint density at radius 1 is 1.20 bits per heavy atom. The quantitative estimate of drug-likeness (QED) is 0.858. The van der Waals surface area contributed by atoms with E-state index >= 15 is 0 Å². The second-order valence-electron chi connectivity index (χ2n) is 6.43. The van der Waals surface area contributed by atoms with Crippen LogP contribution < -0.4 is 15.8 Å². The van der Waals surface area contributed by atoms with Crippen LogP contribution in [0.15, 0.2) is 42.5 Å². The van der Waals surface area contributed by atoms with Gasteiger partial charge in [0.25, 0.3) is 0 Å². The lowest BCUT2D eigenvalue weighted by atomic mass is 9.98. The fourth-order valence-electron chi connectivity index (χ4n) is 2.92. The Morgan fingerprint density at radius 3 is 2.64 bits per heavy atom. The van der Waals surface area contributed by atoms with Gasteiger partial charge in [-0.2, -0.15) is 0 Å². The predicted molar refractivity (Wildman–Crippen MR) is 103 cm³/mol. The zero-order valence-electron chi connectivity index (χ0n) is 14.5. The molecular weight excluding hydrogens is 336 g/mol. The Morgan fingerprint density at radius 2 is 1.92 bits per heavy atom. The van der Waals surface area contributed by atoms with Crippen molar-refractivity contribution in [3.63, 3.8) is 0 Å². The minimum atomic E-state index is -0.111.